The fourth-order valence-electron chi connectivity index (χ4n) is 2.75. The van der Waals surface area contributed by atoms with Gasteiger partial charge in [0.25, 0.3) is 11.6 Å². The molecule has 0 fully saturated rings. The monoisotopic (exact) mass is 403 g/mol. The molecule has 7 nitrogen and oxygen atoms in total. The summed E-state index contributed by atoms with van der Waals surface area (Å²) in [5, 5.41) is 27.2. The van der Waals surface area contributed by atoms with Crippen molar-refractivity contribution in [2.24, 2.45) is 5.10 Å². The molecule has 1 atom stereocenters. The minimum Gasteiger partial charge on any atom is -0.365 e. The summed E-state index contributed by atoms with van der Waals surface area (Å²) in [6.45, 7) is 1.71. The summed E-state index contributed by atoms with van der Waals surface area (Å²) in [6, 6.07) is 12.3. The Hall–Kier alpha value is -2.58. The van der Waals surface area contributed by atoms with Gasteiger partial charge in [0.05, 0.1) is 4.92 Å². The highest BCUT2D eigenvalue weighted by atomic mass is 79.9. The van der Waals surface area contributed by atoms with Crippen LogP contribution in [0, 0.1) is 10.1 Å². The molecule has 0 aromatic heterocycles. The van der Waals surface area contributed by atoms with Crippen LogP contribution in [0.2, 0.25) is 0 Å². The van der Waals surface area contributed by atoms with Gasteiger partial charge in [0.15, 0.2) is 5.72 Å². The van der Waals surface area contributed by atoms with Gasteiger partial charge in [-0.3, -0.25) is 14.9 Å². The van der Waals surface area contributed by atoms with Gasteiger partial charge in [0, 0.05) is 39.9 Å². The zero-order valence-electron chi connectivity index (χ0n) is 13.2. The third-order valence-corrected chi connectivity index (χ3v) is 4.45. The summed E-state index contributed by atoms with van der Waals surface area (Å²) >= 11 is 3.33. The number of nitro benzene ring substituents is 1. The second-order valence-electron chi connectivity index (χ2n) is 5.76. The van der Waals surface area contributed by atoms with Gasteiger partial charge in [0.2, 0.25) is 0 Å². The molecule has 0 saturated heterocycles. The smallest absolute Gasteiger partial charge is 0.277 e. The maximum absolute atomic E-state index is 12.9. The quantitative estimate of drug-likeness (QED) is 0.626. The number of hydrogen-bond donors (Lipinski definition) is 1. The molecule has 0 bridgehead atoms. The van der Waals surface area contributed by atoms with Gasteiger partial charge in [-0.25, -0.2) is 0 Å². The average Bonchev–Trinajstić information content (AvgIpc) is 2.90. The van der Waals surface area contributed by atoms with Crippen LogP contribution in [0.1, 0.15) is 29.3 Å². The molecule has 1 aliphatic rings. The lowest BCUT2D eigenvalue weighted by atomic mass is 9.97. The number of hydrazone groups is 1. The van der Waals surface area contributed by atoms with E-state index >= 15 is 0 Å². The van der Waals surface area contributed by atoms with E-state index in [-0.39, 0.29) is 17.7 Å². The van der Waals surface area contributed by atoms with Crippen LogP contribution in [0.25, 0.3) is 0 Å². The van der Waals surface area contributed by atoms with Gasteiger partial charge in [-0.05, 0) is 25.1 Å². The molecule has 3 rings (SSSR count). The van der Waals surface area contributed by atoms with E-state index in [9.17, 15) is 20.0 Å². The molecule has 8 heteroatoms. The van der Waals surface area contributed by atoms with E-state index in [1.165, 1.54) is 24.3 Å². The number of nitro groups is 1. The van der Waals surface area contributed by atoms with Crippen molar-refractivity contribution in [3.8, 4) is 0 Å². The van der Waals surface area contributed by atoms with Crippen molar-refractivity contribution in [1.82, 2.24) is 5.01 Å². The van der Waals surface area contributed by atoms with E-state index in [1.54, 1.807) is 31.2 Å². The number of nitrogens with zero attached hydrogens (tertiary/aromatic N) is 3. The lowest BCUT2D eigenvalue weighted by Crippen LogP contribution is -2.43. The van der Waals surface area contributed by atoms with Gasteiger partial charge in [-0.1, -0.05) is 34.1 Å². The SMILES string of the molecule is CC1=NN(C(=O)c2cccc([N+](=O)[O-])c2)[C@@](O)(c2ccc(Br)cc2)C1. The van der Waals surface area contributed by atoms with E-state index in [1.807, 2.05) is 0 Å². The summed E-state index contributed by atoms with van der Waals surface area (Å²) in [5.74, 6) is -0.606. The molecule has 25 heavy (non-hydrogen) atoms. The van der Waals surface area contributed by atoms with Gasteiger partial charge < -0.3 is 5.11 Å². The molecule has 128 valence electrons. The molecule has 0 radical (unpaired) electrons. The van der Waals surface area contributed by atoms with E-state index < -0.39 is 16.6 Å². The summed E-state index contributed by atoms with van der Waals surface area (Å²) in [6.07, 6.45) is 0.162. The summed E-state index contributed by atoms with van der Waals surface area (Å²) in [4.78, 5) is 23.2. The zero-order valence-corrected chi connectivity index (χ0v) is 14.8. The Morgan fingerprint density at radius 1 is 1.32 bits per heavy atom. The van der Waals surface area contributed by atoms with Crippen molar-refractivity contribution in [1.29, 1.82) is 0 Å². The predicted molar refractivity (Wildman–Crippen MR) is 95.0 cm³/mol. The molecule has 0 aliphatic carbocycles. The van der Waals surface area contributed by atoms with Crippen molar-refractivity contribution >= 4 is 33.2 Å². The van der Waals surface area contributed by atoms with Crippen molar-refractivity contribution in [3.05, 3.63) is 74.2 Å². The second kappa shape index (κ2) is 6.38. The number of hydrogen-bond acceptors (Lipinski definition) is 5. The Morgan fingerprint density at radius 2 is 2.00 bits per heavy atom. The van der Waals surface area contributed by atoms with E-state index in [4.69, 9.17) is 0 Å². The van der Waals surface area contributed by atoms with Crippen LogP contribution in [-0.4, -0.2) is 26.7 Å². The maximum Gasteiger partial charge on any atom is 0.277 e. The van der Waals surface area contributed by atoms with E-state index in [2.05, 4.69) is 21.0 Å². The highest BCUT2D eigenvalue weighted by molar-refractivity contribution is 9.10. The Kier molecular flexibility index (Phi) is 4.40. The molecule has 1 aliphatic heterocycles. The average molecular weight is 404 g/mol. The van der Waals surface area contributed by atoms with E-state index in [0.717, 1.165) is 9.48 Å². The van der Waals surface area contributed by atoms with Gasteiger partial charge >= 0.3 is 0 Å². The van der Waals surface area contributed by atoms with Crippen LogP contribution in [0.15, 0.2) is 58.1 Å². The largest absolute Gasteiger partial charge is 0.365 e. The highest BCUT2D eigenvalue weighted by Gasteiger charge is 2.45. The first-order valence-corrected chi connectivity index (χ1v) is 8.22. The topological polar surface area (TPSA) is 96.0 Å². The second-order valence-corrected chi connectivity index (χ2v) is 6.68. The Labute approximate surface area is 151 Å². The number of benzene rings is 2. The molecule has 1 N–H and O–H groups in total. The third-order valence-electron chi connectivity index (χ3n) is 3.93. The van der Waals surface area contributed by atoms with Crippen LogP contribution in [0.4, 0.5) is 5.69 Å². The van der Waals surface area contributed by atoms with Crippen LogP contribution in [-0.2, 0) is 5.72 Å². The number of aliphatic hydroxyl groups is 1. The number of carbonyl (C=O) groups excluding carboxylic acids is 1. The van der Waals surface area contributed by atoms with Crippen LogP contribution >= 0.6 is 15.9 Å². The molecule has 0 spiro atoms. The molecule has 2 aromatic carbocycles. The first kappa shape index (κ1) is 17.2. The first-order chi connectivity index (χ1) is 11.8. The lowest BCUT2D eigenvalue weighted by Gasteiger charge is -2.31. The number of amides is 1. The minimum absolute atomic E-state index is 0.0863. The van der Waals surface area contributed by atoms with E-state index in [0.29, 0.717) is 11.3 Å². The third kappa shape index (κ3) is 3.18. The summed E-state index contributed by atoms with van der Waals surface area (Å²) in [7, 11) is 0. The fraction of sp³-hybridized carbons (Fsp3) is 0.176. The first-order valence-electron chi connectivity index (χ1n) is 7.43. The standard InChI is InChI=1S/C17H14BrN3O4/c1-11-10-17(23,13-5-7-14(18)8-6-13)20(19-11)16(22)12-3-2-4-15(9-12)21(24)25/h2-9,23H,10H2,1H3/t17-/m0/s1. The predicted octanol–water partition coefficient (Wildman–Crippen LogP) is 3.42. The summed E-state index contributed by atoms with van der Waals surface area (Å²) in [5.41, 5.74) is -0.646. The highest BCUT2D eigenvalue weighted by Crippen LogP contribution is 2.37. The minimum atomic E-state index is -1.63. The Morgan fingerprint density at radius 3 is 2.64 bits per heavy atom. The van der Waals surface area contributed by atoms with Gasteiger partial charge in [0.1, 0.15) is 0 Å². The van der Waals surface area contributed by atoms with Crippen LogP contribution in [0.3, 0.4) is 0 Å². The number of rotatable bonds is 3. The normalized spacial score (nSPS) is 19.6. The van der Waals surface area contributed by atoms with Crippen LogP contribution < -0.4 is 0 Å². The van der Waals surface area contributed by atoms with Gasteiger partial charge in [-0.15, -0.1) is 0 Å². The number of carbonyl (C=O) groups is 1. The summed E-state index contributed by atoms with van der Waals surface area (Å²) < 4.78 is 0.840. The van der Waals surface area contributed by atoms with Crippen LogP contribution in [0.5, 0.6) is 0 Å². The van der Waals surface area contributed by atoms with Crippen molar-refractivity contribution in [2.75, 3.05) is 0 Å². The molecule has 0 unspecified atom stereocenters. The molecule has 0 saturated carbocycles. The molecule has 1 heterocycles. The van der Waals surface area contributed by atoms with Gasteiger partial charge in [-0.2, -0.15) is 10.1 Å². The Balaban J connectivity index is 2.01. The molecular weight excluding hydrogens is 390 g/mol. The van der Waals surface area contributed by atoms with Crippen molar-refractivity contribution < 1.29 is 14.8 Å². The maximum atomic E-state index is 12.9. The fourth-order valence-corrected chi connectivity index (χ4v) is 3.01. The Bertz CT molecular complexity index is 882. The molecule has 2 aromatic rings. The zero-order chi connectivity index (χ0) is 18.2. The molecule has 1 amide bonds. The lowest BCUT2D eigenvalue weighted by molar-refractivity contribution is -0.384. The number of non-ortho nitro benzene ring substituents is 1. The molecular formula is C17H14BrN3O4. The van der Waals surface area contributed by atoms with Crippen molar-refractivity contribution in [2.45, 2.75) is 19.1 Å². The number of halogens is 1. The van der Waals surface area contributed by atoms with Crippen molar-refractivity contribution in [3.63, 3.8) is 0 Å².